The number of hydrogen-bond acceptors (Lipinski definition) is 7. The van der Waals surface area contributed by atoms with Crippen molar-refractivity contribution in [2.24, 2.45) is 0 Å². The standard InChI is InChI=1S/C12H20N2O4S/c1-6-17-9(15)8-7(2)13-10(19-8)14-11(16)18-12(3,4)5/h11,16H,6H2,1-5H3,(H,13,14). The number of hydrogen-bond donors (Lipinski definition) is 2. The SMILES string of the molecule is CCOC(=O)c1sc(NC(O)OC(C)(C)C)nc1C. The molecule has 0 spiro atoms. The van der Waals surface area contributed by atoms with Gasteiger partial charge in [-0.3, -0.25) is 0 Å². The van der Waals surface area contributed by atoms with Crippen molar-refractivity contribution in [3.05, 3.63) is 10.6 Å². The third-order valence-electron chi connectivity index (χ3n) is 1.97. The van der Waals surface area contributed by atoms with E-state index >= 15 is 0 Å². The van der Waals surface area contributed by atoms with Crippen molar-refractivity contribution in [3.8, 4) is 0 Å². The molecule has 7 heteroatoms. The van der Waals surface area contributed by atoms with E-state index < -0.39 is 18.0 Å². The van der Waals surface area contributed by atoms with Crippen LogP contribution in [-0.4, -0.2) is 34.7 Å². The molecule has 0 aliphatic heterocycles. The lowest BCUT2D eigenvalue weighted by Gasteiger charge is -2.23. The van der Waals surface area contributed by atoms with Gasteiger partial charge in [0.2, 0.25) is 6.41 Å². The number of rotatable bonds is 5. The number of ether oxygens (including phenoxy) is 2. The molecule has 1 aromatic rings. The fourth-order valence-corrected chi connectivity index (χ4v) is 2.19. The van der Waals surface area contributed by atoms with Gasteiger partial charge < -0.3 is 19.9 Å². The summed E-state index contributed by atoms with van der Waals surface area (Å²) in [7, 11) is 0. The largest absolute Gasteiger partial charge is 0.462 e. The van der Waals surface area contributed by atoms with Gasteiger partial charge in [-0.15, -0.1) is 0 Å². The number of anilines is 1. The normalized spacial score (nSPS) is 13.2. The van der Waals surface area contributed by atoms with E-state index in [4.69, 9.17) is 9.47 Å². The number of aliphatic hydroxyl groups is 1. The van der Waals surface area contributed by atoms with Crippen molar-refractivity contribution in [2.45, 2.75) is 46.6 Å². The van der Waals surface area contributed by atoms with Gasteiger partial charge in [0.25, 0.3) is 0 Å². The second-order valence-corrected chi connectivity index (χ2v) is 5.88. The summed E-state index contributed by atoms with van der Waals surface area (Å²) in [6, 6.07) is 0. The molecule has 0 radical (unpaired) electrons. The first-order chi connectivity index (χ1) is 8.73. The van der Waals surface area contributed by atoms with Crippen molar-refractivity contribution >= 4 is 22.4 Å². The van der Waals surface area contributed by atoms with Gasteiger partial charge in [-0.05, 0) is 34.6 Å². The van der Waals surface area contributed by atoms with Crippen LogP contribution in [-0.2, 0) is 9.47 Å². The molecule has 1 heterocycles. The summed E-state index contributed by atoms with van der Waals surface area (Å²) in [5, 5.41) is 12.8. The summed E-state index contributed by atoms with van der Waals surface area (Å²) in [6.07, 6.45) is -1.18. The fourth-order valence-electron chi connectivity index (χ4n) is 1.31. The second kappa shape index (κ2) is 6.31. The monoisotopic (exact) mass is 288 g/mol. The zero-order chi connectivity index (χ0) is 14.6. The number of thiazole rings is 1. The highest BCUT2D eigenvalue weighted by Crippen LogP contribution is 2.24. The topological polar surface area (TPSA) is 80.7 Å². The van der Waals surface area contributed by atoms with E-state index in [1.165, 1.54) is 0 Å². The smallest absolute Gasteiger partial charge is 0.350 e. The number of esters is 1. The molecule has 0 aliphatic rings. The molecule has 0 amide bonds. The minimum Gasteiger partial charge on any atom is -0.462 e. The summed E-state index contributed by atoms with van der Waals surface area (Å²) in [6.45, 7) is 9.26. The lowest BCUT2D eigenvalue weighted by Crippen LogP contribution is -2.32. The first-order valence-electron chi connectivity index (χ1n) is 6.00. The van der Waals surface area contributed by atoms with Crippen molar-refractivity contribution in [1.29, 1.82) is 0 Å². The van der Waals surface area contributed by atoms with Crippen LogP contribution in [0.4, 0.5) is 5.13 Å². The molecular formula is C12H20N2O4S. The Morgan fingerprint density at radius 3 is 2.68 bits per heavy atom. The van der Waals surface area contributed by atoms with Crippen molar-refractivity contribution in [3.63, 3.8) is 0 Å². The maximum absolute atomic E-state index is 11.6. The van der Waals surface area contributed by atoms with Crippen LogP contribution in [0, 0.1) is 6.92 Å². The summed E-state index contributed by atoms with van der Waals surface area (Å²) in [5.74, 6) is -0.406. The molecule has 1 rings (SSSR count). The van der Waals surface area contributed by atoms with Gasteiger partial charge >= 0.3 is 5.97 Å². The molecule has 0 saturated carbocycles. The molecule has 0 bridgehead atoms. The lowest BCUT2D eigenvalue weighted by atomic mass is 10.2. The van der Waals surface area contributed by atoms with E-state index in [2.05, 4.69) is 10.3 Å². The van der Waals surface area contributed by atoms with Crippen LogP contribution in [0.25, 0.3) is 0 Å². The van der Waals surface area contributed by atoms with Crippen molar-refractivity contribution in [1.82, 2.24) is 4.98 Å². The van der Waals surface area contributed by atoms with E-state index in [0.29, 0.717) is 22.3 Å². The number of nitrogens with zero attached hydrogens (tertiary/aromatic N) is 1. The number of aliphatic hydroxyl groups excluding tert-OH is 1. The minimum atomic E-state index is -1.18. The quantitative estimate of drug-likeness (QED) is 0.638. The molecule has 6 nitrogen and oxygen atoms in total. The van der Waals surface area contributed by atoms with Gasteiger partial charge in [-0.2, -0.15) is 0 Å². The third kappa shape index (κ3) is 5.14. The second-order valence-electron chi connectivity index (χ2n) is 4.88. The van der Waals surface area contributed by atoms with Crippen LogP contribution < -0.4 is 5.32 Å². The molecule has 1 atom stereocenters. The van der Waals surface area contributed by atoms with Crippen LogP contribution >= 0.6 is 11.3 Å². The number of carbonyl (C=O) groups is 1. The summed E-state index contributed by atoms with van der Waals surface area (Å²) < 4.78 is 10.2. The van der Waals surface area contributed by atoms with Crippen molar-refractivity contribution in [2.75, 3.05) is 11.9 Å². The Morgan fingerprint density at radius 2 is 2.16 bits per heavy atom. The molecule has 1 unspecified atom stereocenters. The van der Waals surface area contributed by atoms with Crippen LogP contribution in [0.2, 0.25) is 0 Å². The molecule has 1 aromatic heterocycles. The Morgan fingerprint density at radius 1 is 1.53 bits per heavy atom. The molecule has 2 N–H and O–H groups in total. The average Bonchev–Trinajstić information content (AvgIpc) is 2.56. The zero-order valence-electron chi connectivity index (χ0n) is 11.8. The van der Waals surface area contributed by atoms with Crippen LogP contribution in [0.5, 0.6) is 0 Å². The fraction of sp³-hybridized carbons (Fsp3) is 0.667. The zero-order valence-corrected chi connectivity index (χ0v) is 12.6. The highest BCUT2D eigenvalue weighted by Gasteiger charge is 2.20. The van der Waals surface area contributed by atoms with Gasteiger partial charge in [0.15, 0.2) is 5.13 Å². The highest BCUT2D eigenvalue weighted by atomic mass is 32.1. The summed E-state index contributed by atoms with van der Waals surface area (Å²) >= 11 is 1.13. The van der Waals surface area contributed by atoms with E-state index in [1.807, 2.05) is 20.8 Å². The minimum absolute atomic E-state index is 0.314. The van der Waals surface area contributed by atoms with Crippen molar-refractivity contribution < 1.29 is 19.4 Å². The molecule has 108 valence electrons. The molecule has 0 aromatic carbocycles. The van der Waals surface area contributed by atoms with Gasteiger partial charge in [-0.25, -0.2) is 9.78 Å². The highest BCUT2D eigenvalue weighted by molar-refractivity contribution is 7.17. The average molecular weight is 288 g/mol. The maximum Gasteiger partial charge on any atom is 0.350 e. The van der Waals surface area contributed by atoms with E-state index in [9.17, 15) is 9.90 Å². The maximum atomic E-state index is 11.6. The predicted molar refractivity (Wildman–Crippen MR) is 73.3 cm³/mol. The van der Waals surface area contributed by atoms with E-state index in [-0.39, 0.29) is 0 Å². The van der Waals surface area contributed by atoms with Gasteiger partial charge in [0, 0.05) is 0 Å². The number of aromatic nitrogens is 1. The Balaban J connectivity index is 2.71. The molecule has 19 heavy (non-hydrogen) atoms. The Kier molecular flexibility index (Phi) is 5.28. The lowest BCUT2D eigenvalue weighted by molar-refractivity contribution is -0.148. The van der Waals surface area contributed by atoms with Crippen LogP contribution in [0.15, 0.2) is 0 Å². The van der Waals surface area contributed by atoms with E-state index in [1.54, 1.807) is 13.8 Å². The molecule has 0 fully saturated rings. The molecule has 0 aliphatic carbocycles. The molecular weight excluding hydrogens is 268 g/mol. The molecule has 0 saturated heterocycles. The van der Waals surface area contributed by atoms with E-state index in [0.717, 1.165) is 11.3 Å². The Bertz CT molecular complexity index is 439. The third-order valence-corrected chi connectivity index (χ3v) is 3.04. The van der Waals surface area contributed by atoms with Crippen LogP contribution in [0.1, 0.15) is 43.1 Å². The Labute approximate surface area is 116 Å². The van der Waals surface area contributed by atoms with Gasteiger partial charge in [0.1, 0.15) is 4.88 Å². The first-order valence-corrected chi connectivity index (χ1v) is 6.81. The number of nitrogens with one attached hydrogen (secondary N) is 1. The van der Waals surface area contributed by atoms with Gasteiger partial charge in [0.05, 0.1) is 17.9 Å². The van der Waals surface area contributed by atoms with Gasteiger partial charge in [-0.1, -0.05) is 11.3 Å². The Hall–Kier alpha value is -1.18. The number of aryl methyl sites for hydroxylation is 1. The van der Waals surface area contributed by atoms with Crippen LogP contribution in [0.3, 0.4) is 0 Å². The first kappa shape index (κ1) is 15.9. The summed E-state index contributed by atoms with van der Waals surface area (Å²) in [5.41, 5.74) is 0.0804. The number of carbonyl (C=O) groups excluding carboxylic acids is 1. The predicted octanol–water partition coefficient (Wildman–Crippen LogP) is 2.13. The summed E-state index contributed by atoms with van der Waals surface area (Å²) in [4.78, 5) is 16.2.